The van der Waals surface area contributed by atoms with Gasteiger partial charge in [-0.05, 0) is 24.5 Å². The third-order valence-corrected chi connectivity index (χ3v) is 6.70. The lowest BCUT2D eigenvalue weighted by Gasteiger charge is -2.40. The molecule has 0 bridgehead atoms. The normalized spacial score (nSPS) is 21.8. The second-order valence-electron chi connectivity index (χ2n) is 7.54. The molecule has 3 rings (SSSR count). The zero-order valence-electron chi connectivity index (χ0n) is 15.8. The molecule has 7 nitrogen and oxygen atoms in total. The van der Waals surface area contributed by atoms with Crippen molar-refractivity contribution in [1.29, 1.82) is 0 Å². The fourth-order valence-electron chi connectivity index (χ4n) is 3.65. The predicted molar refractivity (Wildman–Crippen MR) is 96.7 cm³/mol. The Hall–Kier alpha value is -2.07. The number of carbonyl (C=O) groups excluding carboxylic acids is 2. The number of piperazine rings is 1. The Morgan fingerprint density at radius 1 is 1.11 bits per heavy atom. The van der Waals surface area contributed by atoms with Gasteiger partial charge in [-0.3, -0.25) is 9.59 Å². The number of benzene rings is 1. The fourth-order valence-corrected chi connectivity index (χ4v) is 5.18. The van der Waals surface area contributed by atoms with Gasteiger partial charge in [0.15, 0.2) is 0 Å². The second-order valence-corrected chi connectivity index (χ2v) is 9.48. The van der Waals surface area contributed by atoms with Gasteiger partial charge in [0.2, 0.25) is 21.8 Å². The molecule has 2 amide bonds. The molecular formula is C18H23F2N3O4S. The van der Waals surface area contributed by atoms with Crippen molar-refractivity contribution in [1.82, 2.24) is 14.1 Å². The van der Waals surface area contributed by atoms with Crippen LogP contribution in [0.1, 0.15) is 20.3 Å². The molecule has 1 atom stereocenters. The van der Waals surface area contributed by atoms with Gasteiger partial charge in [-0.1, -0.05) is 13.8 Å². The van der Waals surface area contributed by atoms with Crippen LogP contribution in [0.5, 0.6) is 0 Å². The SMILES string of the molecule is CC(C)CN1CC(=O)N2CCCN(S(=O)(=O)c3cc(F)cc(F)c3)CC2C1=O. The van der Waals surface area contributed by atoms with Crippen LogP contribution in [-0.2, 0) is 19.6 Å². The highest BCUT2D eigenvalue weighted by atomic mass is 32.2. The Kier molecular flexibility index (Phi) is 5.72. The van der Waals surface area contributed by atoms with Crippen molar-refractivity contribution in [3.8, 4) is 0 Å². The van der Waals surface area contributed by atoms with Crippen molar-refractivity contribution in [2.75, 3.05) is 32.7 Å². The van der Waals surface area contributed by atoms with Gasteiger partial charge in [0.05, 0.1) is 11.4 Å². The van der Waals surface area contributed by atoms with Gasteiger partial charge in [-0.25, -0.2) is 17.2 Å². The first-order valence-corrected chi connectivity index (χ1v) is 10.6. The highest BCUT2D eigenvalue weighted by Gasteiger charge is 2.43. The largest absolute Gasteiger partial charge is 0.331 e. The number of hydrogen-bond acceptors (Lipinski definition) is 4. The maximum absolute atomic E-state index is 13.5. The third-order valence-electron chi connectivity index (χ3n) is 4.86. The molecule has 0 spiro atoms. The van der Waals surface area contributed by atoms with Gasteiger partial charge < -0.3 is 9.80 Å². The second kappa shape index (κ2) is 7.75. The van der Waals surface area contributed by atoms with E-state index in [0.29, 0.717) is 19.0 Å². The van der Waals surface area contributed by atoms with Crippen molar-refractivity contribution in [3.05, 3.63) is 29.8 Å². The minimum absolute atomic E-state index is 0.0185. The molecule has 10 heteroatoms. The maximum Gasteiger partial charge on any atom is 0.247 e. The first-order chi connectivity index (χ1) is 13.1. The van der Waals surface area contributed by atoms with Crippen molar-refractivity contribution in [2.24, 2.45) is 5.92 Å². The summed E-state index contributed by atoms with van der Waals surface area (Å²) >= 11 is 0. The molecular weight excluding hydrogens is 392 g/mol. The Labute approximate surface area is 162 Å². The summed E-state index contributed by atoms with van der Waals surface area (Å²) in [4.78, 5) is 27.8. The summed E-state index contributed by atoms with van der Waals surface area (Å²) in [6, 6.07) is 1.16. The van der Waals surface area contributed by atoms with Crippen LogP contribution in [0.4, 0.5) is 8.78 Å². The van der Waals surface area contributed by atoms with Crippen molar-refractivity contribution < 1.29 is 26.8 Å². The van der Waals surface area contributed by atoms with Crippen molar-refractivity contribution in [2.45, 2.75) is 31.2 Å². The Morgan fingerprint density at radius 2 is 1.75 bits per heavy atom. The molecule has 0 radical (unpaired) electrons. The quantitative estimate of drug-likeness (QED) is 0.737. The molecule has 1 aromatic carbocycles. The highest BCUT2D eigenvalue weighted by molar-refractivity contribution is 7.89. The van der Waals surface area contributed by atoms with E-state index in [1.54, 1.807) is 0 Å². The van der Waals surface area contributed by atoms with E-state index >= 15 is 0 Å². The summed E-state index contributed by atoms with van der Waals surface area (Å²) < 4.78 is 53.9. The summed E-state index contributed by atoms with van der Waals surface area (Å²) in [7, 11) is -4.22. The lowest BCUT2D eigenvalue weighted by Crippen LogP contribution is -2.62. The zero-order chi connectivity index (χ0) is 20.6. The molecule has 0 N–H and O–H groups in total. The Bertz CT molecular complexity index is 871. The standard InChI is InChI=1S/C18H23F2N3O4S/c1-12(2)9-21-11-17(24)23-5-3-4-22(10-16(23)18(21)25)28(26,27)15-7-13(19)6-14(20)8-15/h6-8,12,16H,3-5,9-11H2,1-2H3. The van der Waals surface area contributed by atoms with Gasteiger partial charge in [0.1, 0.15) is 17.7 Å². The van der Waals surface area contributed by atoms with E-state index in [2.05, 4.69) is 0 Å². The van der Waals surface area contributed by atoms with Crippen LogP contribution in [0.2, 0.25) is 0 Å². The number of fused-ring (bicyclic) bond motifs is 1. The van der Waals surface area contributed by atoms with E-state index < -0.39 is 32.6 Å². The average Bonchev–Trinajstić information content (AvgIpc) is 2.82. The molecule has 0 saturated carbocycles. The summed E-state index contributed by atoms with van der Waals surface area (Å²) in [5.41, 5.74) is 0. The monoisotopic (exact) mass is 415 g/mol. The molecule has 0 aliphatic carbocycles. The van der Waals surface area contributed by atoms with E-state index in [9.17, 15) is 26.8 Å². The van der Waals surface area contributed by atoms with E-state index in [-0.39, 0.29) is 43.9 Å². The number of carbonyl (C=O) groups is 2. The van der Waals surface area contributed by atoms with Gasteiger partial charge in [0.25, 0.3) is 0 Å². The number of amides is 2. The van der Waals surface area contributed by atoms with Crippen molar-refractivity contribution >= 4 is 21.8 Å². The molecule has 2 saturated heterocycles. The lowest BCUT2D eigenvalue weighted by atomic mass is 10.1. The number of rotatable bonds is 4. The smallest absolute Gasteiger partial charge is 0.247 e. The van der Waals surface area contributed by atoms with Crippen LogP contribution in [0.25, 0.3) is 0 Å². The van der Waals surface area contributed by atoms with Gasteiger partial charge >= 0.3 is 0 Å². The van der Waals surface area contributed by atoms with E-state index in [1.807, 2.05) is 13.8 Å². The molecule has 2 fully saturated rings. The molecule has 0 aromatic heterocycles. The summed E-state index contributed by atoms with van der Waals surface area (Å²) in [5, 5.41) is 0. The molecule has 2 heterocycles. The fraction of sp³-hybridized carbons (Fsp3) is 0.556. The maximum atomic E-state index is 13.5. The Balaban J connectivity index is 1.91. The molecule has 154 valence electrons. The topological polar surface area (TPSA) is 78.0 Å². The molecule has 2 aliphatic heterocycles. The zero-order valence-corrected chi connectivity index (χ0v) is 16.6. The molecule has 28 heavy (non-hydrogen) atoms. The number of hydrogen-bond donors (Lipinski definition) is 0. The minimum Gasteiger partial charge on any atom is -0.331 e. The van der Waals surface area contributed by atoms with E-state index in [0.717, 1.165) is 16.4 Å². The highest BCUT2D eigenvalue weighted by Crippen LogP contribution is 2.24. The minimum atomic E-state index is -4.22. The first kappa shape index (κ1) is 20.7. The summed E-state index contributed by atoms with van der Waals surface area (Å²) in [6.45, 7) is 4.30. The third kappa shape index (κ3) is 4.02. The van der Waals surface area contributed by atoms with Crippen LogP contribution in [0.3, 0.4) is 0 Å². The number of halogens is 2. The van der Waals surface area contributed by atoms with E-state index in [4.69, 9.17) is 0 Å². The summed E-state index contributed by atoms with van der Waals surface area (Å²) in [5.74, 6) is -2.37. The average molecular weight is 415 g/mol. The molecule has 1 aromatic rings. The number of nitrogens with zero attached hydrogens (tertiary/aromatic N) is 3. The van der Waals surface area contributed by atoms with Gasteiger partial charge in [-0.2, -0.15) is 4.31 Å². The predicted octanol–water partition coefficient (Wildman–Crippen LogP) is 1.05. The molecule has 1 unspecified atom stereocenters. The van der Waals surface area contributed by atoms with Crippen molar-refractivity contribution in [3.63, 3.8) is 0 Å². The van der Waals surface area contributed by atoms with Crippen LogP contribution in [0, 0.1) is 17.6 Å². The lowest BCUT2D eigenvalue weighted by molar-refractivity contribution is -0.156. The van der Waals surface area contributed by atoms with Crippen LogP contribution in [-0.4, -0.2) is 73.1 Å². The Morgan fingerprint density at radius 3 is 2.36 bits per heavy atom. The van der Waals surface area contributed by atoms with Gasteiger partial charge in [-0.15, -0.1) is 0 Å². The van der Waals surface area contributed by atoms with Gasteiger partial charge in [0, 0.05) is 32.2 Å². The van der Waals surface area contributed by atoms with Crippen LogP contribution in [0.15, 0.2) is 23.1 Å². The van der Waals surface area contributed by atoms with Crippen LogP contribution >= 0.6 is 0 Å². The van der Waals surface area contributed by atoms with Crippen LogP contribution < -0.4 is 0 Å². The molecule has 2 aliphatic rings. The summed E-state index contributed by atoms with van der Waals surface area (Å²) in [6.07, 6.45) is 0.330. The first-order valence-electron chi connectivity index (χ1n) is 9.14. The van der Waals surface area contributed by atoms with E-state index in [1.165, 1.54) is 9.80 Å². The number of sulfonamides is 1.